The molecule has 1 heterocycles. The molecule has 0 aromatic rings. The summed E-state index contributed by atoms with van der Waals surface area (Å²) in [7, 11) is 0. The van der Waals surface area contributed by atoms with Crippen LogP contribution >= 0.6 is 0 Å². The smallest absolute Gasteiger partial charge is 0.225 e. The predicted molar refractivity (Wildman–Crippen MR) is 61.8 cm³/mol. The number of hydrogen-bond acceptors (Lipinski definition) is 3. The van der Waals surface area contributed by atoms with E-state index in [4.69, 9.17) is 5.73 Å². The van der Waals surface area contributed by atoms with Crippen molar-refractivity contribution in [2.75, 3.05) is 13.1 Å². The zero-order valence-corrected chi connectivity index (χ0v) is 9.77. The van der Waals surface area contributed by atoms with Crippen LogP contribution in [-0.2, 0) is 4.79 Å². The Morgan fingerprint density at radius 1 is 1.25 bits per heavy atom. The molecule has 0 radical (unpaired) electrons. The summed E-state index contributed by atoms with van der Waals surface area (Å²) in [5.41, 5.74) is 5.90. The summed E-state index contributed by atoms with van der Waals surface area (Å²) in [4.78, 5) is 14.0. The summed E-state index contributed by atoms with van der Waals surface area (Å²) in [5, 5.41) is 9.56. The Labute approximate surface area is 96.8 Å². The number of nitrogens with zero attached hydrogens (tertiary/aromatic N) is 1. The second kappa shape index (κ2) is 5.15. The second-order valence-electron chi connectivity index (χ2n) is 5.20. The largest absolute Gasteiger partial charge is 0.391 e. The third kappa shape index (κ3) is 2.74. The zero-order valence-electron chi connectivity index (χ0n) is 9.77. The van der Waals surface area contributed by atoms with Gasteiger partial charge in [-0.1, -0.05) is 6.42 Å². The number of aliphatic hydroxyl groups excluding tert-OH is 1. The minimum absolute atomic E-state index is 0.106. The Balaban J connectivity index is 1.90. The number of β-amino-alcohol motifs (C(OH)–C–C–N with tert-alkyl or cyclic N) is 1. The van der Waals surface area contributed by atoms with Gasteiger partial charge in [-0.2, -0.15) is 0 Å². The van der Waals surface area contributed by atoms with Crippen LogP contribution in [0.1, 0.15) is 38.5 Å². The average Bonchev–Trinajstić information content (AvgIpc) is 2.28. The summed E-state index contributed by atoms with van der Waals surface area (Å²) in [6.45, 7) is 1.33. The lowest BCUT2D eigenvalue weighted by molar-refractivity contribution is -0.139. The molecule has 3 N–H and O–H groups in total. The minimum Gasteiger partial charge on any atom is -0.391 e. The first kappa shape index (κ1) is 11.9. The van der Waals surface area contributed by atoms with Crippen molar-refractivity contribution in [3.8, 4) is 0 Å². The van der Waals surface area contributed by atoms with E-state index < -0.39 is 0 Å². The lowest BCUT2D eigenvalue weighted by atomic mass is 9.85. The number of rotatable bonds is 1. The Kier molecular flexibility index (Phi) is 3.82. The molecule has 2 aliphatic rings. The first-order valence-electron chi connectivity index (χ1n) is 6.39. The SMILES string of the molecule is NC1CCCC(C(=O)N2CCC[C@H](O)C2)C1. The standard InChI is InChI=1S/C12H22N2O2/c13-10-4-1-3-9(7-10)12(16)14-6-2-5-11(15)8-14/h9-11,15H,1-8,13H2/t9?,10?,11-/m0/s1. The van der Waals surface area contributed by atoms with Gasteiger partial charge in [0.2, 0.25) is 5.91 Å². The van der Waals surface area contributed by atoms with Crippen molar-refractivity contribution in [1.82, 2.24) is 4.90 Å². The molecule has 16 heavy (non-hydrogen) atoms. The van der Waals surface area contributed by atoms with E-state index in [2.05, 4.69) is 0 Å². The summed E-state index contributed by atoms with van der Waals surface area (Å²) in [6, 6.07) is 0.192. The van der Waals surface area contributed by atoms with Gasteiger partial charge in [-0.05, 0) is 32.1 Å². The molecule has 2 rings (SSSR count). The summed E-state index contributed by atoms with van der Waals surface area (Å²) in [6.07, 6.45) is 5.33. The molecule has 0 spiro atoms. The van der Waals surface area contributed by atoms with Crippen LogP contribution in [0.25, 0.3) is 0 Å². The molecule has 3 atom stereocenters. The first-order chi connectivity index (χ1) is 7.66. The summed E-state index contributed by atoms with van der Waals surface area (Å²) < 4.78 is 0. The van der Waals surface area contributed by atoms with Gasteiger partial charge in [0.15, 0.2) is 0 Å². The van der Waals surface area contributed by atoms with Gasteiger partial charge in [0.1, 0.15) is 0 Å². The van der Waals surface area contributed by atoms with Crippen molar-refractivity contribution >= 4 is 5.91 Å². The highest BCUT2D eigenvalue weighted by Crippen LogP contribution is 2.26. The molecule has 0 aromatic carbocycles. The van der Waals surface area contributed by atoms with Crippen molar-refractivity contribution in [3.05, 3.63) is 0 Å². The van der Waals surface area contributed by atoms with Crippen molar-refractivity contribution in [2.45, 2.75) is 50.7 Å². The Morgan fingerprint density at radius 2 is 2.06 bits per heavy atom. The number of piperidine rings is 1. The zero-order chi connectivity index (χ0) is 11.5. The van der Waals surface area contributed by atoms with Crippen LogP contribution in [0, 0.1) is 5.92 Å². The lowest BCUT2D eigenvalue weighted by Crippen LogP contribution is -2.46. The Morgan fingerprint density at radius 3 is 2.75 bits per heavy atom. The number of aliphatic hydroxyl groups is 1. The molecule has 1 amide bonds. The summed E-state index contributed by atoms with van der Waals surface area (Å²) >= 11 is 0. The fourth-order valence-electron chi connectivity index (χ4n) is 2.86. The highest BCUT2D eigenvalue weighted by Gasteiger charge is 2.31. The number of nitrogens with two attached hydrogens (primary N) is 1. The molecule has 1 saturated heterocycles. The van der Waals surface area contributed by atoms with Gasteiger partial charge in [-0.3, -0.25) is 4.79 Å². The van der Waals surface area contributed by atoms with Crippen LogP contribution in [0.2, 0.25) is 0 Å². The van der Waals surface area contributed by atoms with Crippen LogP contribution in [0.4, 0.5) is 0 Å². The molecular formula is C12H22N2O2. The van der Waals surface area contributed by atoms with Crippen molar-refractivity contribution in [3.63, 3.8) is 0 Å². The molecule has 92 valence electrons. The van der Waals surface area contributed by atoms with Crippen LogP contribution < -0.4 is 5.73 Å². The molecular weight excluding hydrogens is 204 g/mol. The van der Waals surface area contributed by atoms with Crippen LogP contribution in [0.5, 0.6) is 0 Å². The van der Waals surface area contributed by atoms with Crippen molar-refractivity contribution < 1.29 is 9.90 Å². The number of likely N-dealkylation sites (tertiary alicyclic amines) is 1. The van der Waals surface area contributed by atoms with Crippen LogP contribution in [-0.4, -0.2) is 41.1 Å². The average molecular weight is 226 g/mol. The first-order valence-corrected chi connectivity index (χ1v) is 6.39. The maximum Gasteiger partial charge on any atom is 0.225 e. The van der Waals surface area contributed by atoms with Gasteiger partial charge in [0.25, 0.3) is 0 Å². The number of carbonyl (C=O) groups is 1. The third-order valence-corrected chi connectivity index (χ3v) is 3.77. The third-order valence-electron chi connectivity index (χ3n) is 3.77. The fourth-order valence-corrected chi connectivity index (χ4v) is 2.86. The molecule has 1 saturated carbocycles. The fraction of sp³-hybridized carbons (Fsp3) is 0.917. The quantitative estimate of drug-likeness (QED) is 0.683. The normalized spacial score (nSPS) is 36.1. The van der Waals surface area contributed by atoms with Crippen LogP contribution in [0.3, 0.4) is 0 Å². The van der Waals surface area contributed by atoms with E-state index in [-0.39, 0.29) is 24.0 Å². The predicted octanol–water partition coefficient (Wildman–Crippen LogP) is 0.487. The van der Waals surface area contributed by atoms with Gasteiger partial charge in [0, 0.05) is 25.0 Å². The molecule has 4 nitrogen and oxygen atoms in total. The topological polar surface area (TPSA) is 66.6 Å². The van der Waals surface area contributed by atoms with Crippen molar-refractivity contribution in [2.24, 2.45) is 11.7 Å². The van der Waals surface area contributed by atoms with Gasteiger partial charge in [-0.15, -0.1) is 0 Å². The lowest BCUT2D eigenvalue weighted by Gasteiger charge is -2.35. The van der Waals surface area contributed by atoms with Gasteiger partial charge < -0.3 is 15.7 Å². The molecule has 2 fully saturated rings. The number of carbonyl (C=O) groups excluding carboxylic acids is 1. The van der Waals surface area contributed by atoms with Gasteiger partial charge in [-0.25, -0.2) is 0 Å². The highest BCUT2D eigenvalue weighted by atomic mass is 16.3. The number of hydrogen-bond donors (Lipinski definition) is 2. The van der Waals surface area contributed by atoms with Gasteiger partial charge in [0.05, 0.1) is 6.10 Å². The minimum atomic E-state index is -0.324. The molecule has 0 bridgehead atoms. The van der Waals surface area contributed by atoms with E-state index in [0.29, 0.717) is 6.54 Å². The van der Waals surface area contributed by atoms with E-state index in [1.807, 2.05) is 4.90 Å². The van der Waals surface area contributed by atoms with Crippen molar-refractivity contribution in [1.29, 1.82) is 0 Å². The van der Waals surface area contributed by atoms with E-state index in [1.165, 1.54) is 0 Å². The Bertz CT molecular complexity index is 233. The molecule has 1 aliphatic heterocycles. The maximum absolute atomic E-state index is 12.2. The Hall–Kier alpha value is -0.610. The van der Waals surface area contributed by atoms with Crippen LogP contribution in [0.15, 0.2) is 0 Å². The maximum atomic E-state index is 12.2. The molecule has 0 aromatic heterocycles. The molecule has 4 heteroatoms. The van der Waals surface area contributed by atoms with E-state index in [0.717, 1.165) is 45.1 Å². The number of amides is 1. The van der Waals surface area contributed by atoms with E-state index >= 15 is 0 Å². The second-order valence-corrected chi connectivity index (χ2v) is 5.20. The molecule has 1 aliphatic carbocycles. The summed E-state index contributed by atoms with van der Waals surface area (Å²) in [5.74, 6) is 0.322. The van der Waals surface area contributed by atoms with E-state index in [9.17, 15) is 9.90 Å². The van der Waals surface area contributed by atoms with Gasteiger partial charge >= 0.3 is 0 Å². The molecule has 2 unspecified atom stereocenters. The van der Waals surface area contributed by atoms with E-state index in [1.54, 1.807) is 0 Å². The highest BCUT2D eigenvalue weighted by molar-refractivity contribution is 5.79. The monoisotopic (exact) mass is 226 g/mol.